The number of nitrogens with zero attached hydrogens (tertiary/aromatic N) is 2. The lowest BCUT2D eigenvalue weighted by molar-refractivity contribution is 0.409. The van der Waals surface area contributed by atoms with Gasteiger partial charge in [-0.3, -0.25) is 10.4 Å². The molecule has 3 aromatic rings. The Hall–Kier alpha value is -2.93. The molecule has 2 aromatic heterocycles. The molecular weight excluding hydrogens is 322 g/mol. The van der Waals surface area contributed by atoms with Gasteiger partial charge in [-0.25, -0.2) is 4.98 Å². The Morgan fingerprint density at radius 2 is 2.00 bits per heavy atom. The van der Waals surface area contributed by atoms with Gasteiger partial charge in [-0.1, -0.05) is 24.3 Å². The number of methoxy groups -OCH3 is 1. The second kappa shape index (κ2) is 7.56. The molecule has 0 spiro atoms. The summed E-state index contributed by atoms with van der Waals surface area (Å²) in [7, 11) is 1.64. The van der Waals surface area contributed by atoms with Gasteiger partial charge in [0.15, 0.2) is 11.1 Å². The first-order chi connectivity index (χ1) is 11.8. The summed E-state index contributed by atoms with van der Waals surface area (Å²) in [5.74, 6) is 0.979. The van der Waals surface area contributed by atoms with Crippen LogP contribution in [0.5, 0.6) is 5.75 Å². The van der Waals surface area contributed by atoms with Gasteiger partial charge in [-0.05, 0) is 18.2 Å². The molecule has 0 unspecified atom stereocenters. The minimum Gasteiger partial charge on any atom is -0.496 e. The number of rotatable bonds is 5. The van der Waals surface area contributed by atoms with Gasteiger partial charge < -0.3 is 15.4 Å². The Kier molecular flexibility index (Phi) is 5.02. The summed E-state index contributed by atoms with van der Waals surface area (Å²) in [6.07, 6.45) is 1.73. The second-order valence-electron chi connectivity index (χ2n) is 4.92. The van der Waals surface area contributed by atoms with Gasteiger partial charge in [0.2, 0.25) is 0 Å². The molecule has 0 aliphatic rings. The Bertz CT molecular complexity index is 819. The van der Waals surface area contributed by atoms with Crippen molar-refractivity contribution in [2.75, 3.05) is 12.4 Å². The predicted molar refractivity (Wildman–Crippen MR) is 96.5 cm³/mol. The Morgan fingerprint density at radius 1 is 1.17 bits per heavy atom. The Morgan fingerprint density at radius 3 is 2.79 bits per heavy atom. The largest absolute Gasteiger partial charge is 0.496 e. The summed E-state index contributed by atoms with van der Waals surface area (Å²) >= 11 is 1.43. The molecule has 0 aliphatic carbocycles. The maximum atomic E-state index is 8.00. The van der Waals surface area contributed by atoms with Crippen LogP contribution < -0.4 is 15.4 Å². The maximum absolute atomic E-state index is 8.00. The molecule has 0 atom stereocenters. The topological polar surface area (TPSA) is 82.9 Å². The van der Waals surface area contributed by atoms with Crippen molar-refractivity contribution in [1.29, 1.82) is 5.41 Å². The summed E-state index contributed by atoms with van der Waals surface area (Å²) in [6.45, 7) is 0.494. The van der Waals surface area contributed by atoms with E-state index in [2.05, 4.69) is 20.6 Å². The standard InChI is InChI=1S/C17H17N5OS/c1-23-15-8-3-2-6-12(15)10-20-16(18)22-17-21-14(11-24-17)13-7-4-5-9-19-13/h2-9,11H,10H2,1H3,(H3,18,20,21,22). The van der Waals surface area contributed by atoms with Crippen molar-refractivity contribution in [3.63, 3.8) is 0 Å². The van der Waals surface area contributed by atoms with Crippen LogP contribution in [0.1, 0.15) is 5.56 Å². The van der Waals surface area contributed by atoms with Crippen molar-refractivity contribution in [3.8, 4) is 17.1 Å². The van der Waals surface area contributed by atoms with Crippen LogP contribution in [-0.4, -0.2) is 23.0 Å². The lowest BCUT2D eigenvalue weighted by Gasteiger charge is -2.11. The van der Waals surface area contributed by atoms with E-state index in [9.17, 15) is 0 Å². The zero-order chi connectivity index (χ0) is 16.8. The van der Waals surface area contributed by atoms with Crippen LogP contribution in [0.15, 0.2) is 54.0 Å². The summed E-state index contributed by atoms with van der Waals surface area (Å²) in [5, 5.41) is 16.5. The molecular formula is C17H17N5OS. The van der Waals surface area contributed by atoms with Gasteiger partial charge in [-0.15, -0.1) is 11.3 Å². The Balaban J connectivity index is 1.58. The average Bonchev–Trinajstić information content (AvgIpc) is 3.09. The molecule has 0 saturated heterocycles. The molecule has 0 saturated carbocycles. The van der Waals surface area contributed by atoms with Crippen LogP contribution >= 0.6 is 11.3 Å². The lowest BCUT2D eigenvalue weighted by atomic mass is 10.2. The minimum absolute atomic E-state index is 0.183. The normalized spacial score (nSPS) is 10.2. The van der Waals surface area contributed by atoms with Crippen molar-refractivity contribution >= 4 is 22.4 Å². The molecule has 3 N–H and O–H groups in total. The summed E-state index contributed by atoms with van der Waals surface area (Å²) in [5.41, 5.74) is 2.59. The lowest BCUT2D eigenvalue weighted by Crippen LogP contribution is -2.29. The third-order valence-electron chi connectivity index (χ3n) is 3.31. The summed E-state index contributed by atoms with van der Waals surface area (Å²) < 4.78 is 5.30. The van der Waals surface area contributed by atoms with Crippen molar-refractivity contribution in [1.82, 2.24) is 15.3 Å². The number of hydrogen-bond donors (Lipinski definition) is 3. The van der Waals surface area contributed by atoms with Gasteiger partial charge in [0.25, 0.3) is 0 Å². The predicted octanol–water partition coefficient (Wildman–Crippen LogP) is 3.35. The number of ether oxygens (including phenoxy) is 1. The quantitative estimate of drug-likeness (QED) is 0.490. The van der Waals surface area contributed by atoms with E-state index in [1.807, 2.05) is 47.8 Å². The number of guanidine groups is 1. The number of pyridine rings is 1. The molecule has 2 heterocycles. The highest BCUT2D eigenvalue weighted by atomic mass is 32.1. The molecule has 1 aromatic carbocycles. The van der Waals surface area contributed by atoms with Crippen LogP contribution in [0.3, 0.4) is 0 Å². The number of para-hydroxylation sites is 1. The van der Waals surface area contributed by atoms with Crippen LogP contribution in [0, 0.1) is 5.41 Å². The molecule has 6 nitrogen and oxygen atoms in total. The van der Waals surface area contributed by atoms with Crippen molar-refractivity contribution in [2.45, 2.75) is 6.54 Å². The maximum Gasteiger partial charge on any atom is 0.195 e. The summed E-state index contributed by atoms with van der Waals surface area (Å²) in [4.78, 5) is 8.72. The number of hydrogen-bond acceptors (Lipinski definition) is 5. The zero-order valence-electron chi connectivity index (χ0n) is 13.1. The monoisotopic (exact) mass is 339 g/mol. The van der Waals surface area contributed by atoms with E-state index in [4.69, 9.17) is 10.1 Å². The van der Waals surface area contributed by atoms with Gasteiger partial charge >= 0.3 is 0 Å². The molecule has 122 valence electrons. The Labute approximate surface area is 144 Å². The molecule has 0 radical (unpaired) electrons. The number of aromatic nitrogens is 2. The van der Waals surface area contributed by atoms with Crippen molar-refractivity contribution in [3.05, 3.63) is 59.6 Å². The summed E-state index contributed by atoms with van der Waals surface area (Å²) in [6, 6.07) is 13.4. The highest BCUT2D eigenvalue weighted by Gasteiger charge is 2.07. The van der Waals surface area contributed by atoms with Crippen LogP contribution in [0.2, 0.25) is 0 Å². The molecule has 0 fully saturated rings. The highest BCUT2D eigenvalue weighted by molar-refractivity contribution is 7.14. The first kappa shape index (κ1) is 15.9. The minimum atomic E-state index is 0.183. The first-order valence-corrected chi connectivity index (χ1v) is 8.22. The number of benzene rings is 1. The van der Waals surface area contributed by atoms with Gasteiger partial charge in [0, 0.05) is 23.7 Å². The fourth-order valence-electron chi connectivity index (χ4n) is 2.15. The SMILES string of the molecule is COc1ccccc1CNC(=N)Nc1nc(-c2ccccn2)cs1. The first-order valence-electron chi connectivity index (χ1n) is 7.34. The fourth-order valence-corrected chi connectivity index (χ4v) is 2.86. The number of nitrogens with one attached hydrogen (secondary N) is 3. The van der Waals surface area contributed by atoms with Gasteiger partial charge in [0.1, 0.15) is 11.4 Å². The van der Waals surface area contributed by atoms with Crippen molar-refractivity contribution in [2.24, 2.45) is 0 Å². The van der Waals surface area contributed by atoms with Crippen LogP contribution in [0.25, 0.3) is 11.4 Å². The van der Waals surface area contributed by atoms with E-state index in [0.717, 1.165) is 22.7 Å². The van der Waals surface area contributed by atoms with E-state index >= 15 is 0 Å². The van der Waals surface area contributed by atoms with Crippen LogP contribution in [0.4, 0.5) is 5.13 Å². The van der Waals surface area contributed by atoms with Gasteiger partial charge in [0.05, 0.1) is 12.8 Å². The van der Waals surface area contributed by atoms with E-state index in [1.54, 1.807) is 13.3 Å². The van der Waals surface area contributed by atoms with E-state index in [1.165, 1.54) is 11.3 Å². The van der Waals surface area contributed by atoms with Crippen molar-refractivity contribution < 1.29 is 4.74 Å². The molecule has 3 rings (SSSR count). The molecule has 7 heteroatoms. The number of thiazole rings is 1. The average molecular weight is 339 g/mol. The third-order valence-corrected chi connectivity index (χ3v) is 4.07. The molecule has 0 amide bonds. The van der Waals surface area contributed by atoms with E-state index < -0.39 is 0 Å². The zero-order valence-corrected chi connectivity index (χ0v) is 13.9. The van der Waals surface area contributed by atoms with E-state index in [0.29, 0.717) is 11.7 Å². The number of anilines is 1. The molecule has 0 aliphatic heterocycles. The second-order valence-corrected chi connectivity index (χ2v) is 5.78. The highest BCUT2D eigenvalue weighted by Crippen LogP contribution is 2.23. The van der Waals surface area contributed by atoms with Crippen LogP contribution in [-0.2, 0) is 6.54 Å². The molecule has 0 bridgehead atoms. The van der Waals surface area contributed by atoms with Gasteiger partial charge in [-0.2, -0.15) is 0 Å². The fraction of sp³-hybridized carbons (Fsp3) is 0.118. The smallest absolute Gasteiger partial charge is 0.195 e. The third kappa shape index (κ3) is 3.88. The van der Waals surface area contributed by atoms with E-state index in [-0.39, 0.29) is 5.96 Å². The molecule has 24 heavy (non-hydrogen) atoms.